The van der Waals surface area contributed by atoms with Crippen LogP contribution in [-0.2, 0) is 11.3 Å². The molecule has 0 aliphatic carbocycles. The summed E-state index contributed by atoms with van der Waals surface area (Å²) in [6.45, 7) is 6.65. The fourth-order valence-electron chi connectivity index (χ4n) is 3.03. The maximum Gasteiger partial charge on any atom is 0.223 e. The van der Waals surface area contributed by atoms with E-state index in [4.69, 9.17) is 0 Å². The van der Waals surface area contributed by atoms with Crippen LogP contribution in [0.4, 0.5) is 4.39 Å². The predicted octanol–water partition coefficient (Wildman–Crippen LogP) is 3.34. The molecule has 0 radical (unpaired) electrons. The summed E-state index contributed by atoms with van der Waals surface area (Å²) in [4.78, 5) is 14.4. The maximum absolute atomic E-state index is 13.3. The second kappa shape index (κ2) is 8.28. The van der Waals surface area contributed by atoms with Crippen molar-refractivity contribution < 1.29 is 9.18 Å². The van der Waals surface area contributed by atoms with Gasteiger partial charge in [-0.05, 0) is 69.8 Å². The highest BCUT2D eigenvalue weighted by atomic mass is 19.1. The van der Waals surface area contributed by atoms with Crippen molar-refractivity contribution in [3.8, 4) is 0 Å². The third-order valence-corrected chi connectivity index (χ3v) is 4.41. The molecule has 1 aliphatic rings. The topological polar surface area (TPSA) is 32.3 Å². The molecule has 2 rings (SSSR count). The van der Waals surface area contributed by atoms with Crippen LogP contribution in [0.1, 0.15) is 45.1 Å². The second-order valence-corrected chi connectivity index (χ2v) is 6.48. The smallest absolute Gasteiger partial charge is 0.223 e. The Morgan fingerprint density at radius 1 is 1.36 bits per heavy atom. The van der Waals surface area contributed by atoms with Crippen molar-refractivity contribution in [1.82, 2.24) is 10.2 Å². The lowest BCUT2D eigenvalue weighted by Crippen LogP contribution is -2.37. The van der Waals surface area contributed by atoms with Gasteiger partial charge in [-0.15, -0.1) is 0 Å². The van der Waals surface area contributed by atoms with Crippen LogP contribution in [0.5, 0.6) is 0 Å². The van der Waals surface area contributed by atoms with Crippen molar-refractivity contribution in [2.24, 2.45) is 5.92 Å². The molecule has 1 amide bonds. The van der Waals surface area contributed by atoms with Crippen LogP contribution in [0, 0.1) is 11.7 Å². The van der Waals surface area contributed by atoms with E-state index in [9.17, 15) is 9.18 Å². The Morgan fingerprint density at radius 3 is 2.73 bits per heavy atom. The van der Waals surface area contributed by atoms with E-state index in [1.807, 2.05) is 24.8 Å². The Kier molecular flexibility index (Phi) is 6.37. The molecule has 122 valence electrons. The standard InChI is InChI=1S/C18H27FN2O/c1-14(2)21(13-16-4-3-5-17(19)12-16)18(22)7-6-15-8-10-20-11-9-15/h3-5,12,14-15,20H,6-11,13H2,1-2H3. The van der Waals surface area contributed by atoms with Gasteiger partial charge in [-0.2, -0.15) is 0 Å². The lowest BCUT2D eigenvalue weighted by Gasteiger charge is -2.28. The van der Waals surface area contributed by atoms with E-state index in [1.54, 1.807) is 6.07 Å². The van der Waals surface area contributed by atoms with Crippen LogP contribution in [0.3, 0.4) is 0 Å². The Bertz CT molecular complexity index is 484. The number of halogens is 1. The first-order valence-corrected chi connectivity index (χ1v) is 8.31. The summed E-state index contributed by atoms with van der Waals surface area (Å²) in [6.07, 6.45) is 3.89. The lowest BCUT2D eigenvalue weighted by atomic mass is 9.93. The Hall–Kier alpha value is -1.42. The van der Waals surface area contributed by atoms with E-state index in [0.717, 1.165) is 25.1 Å². The molecule has 1 aliphatic heterocycles. The Morgan fingerprint density at radius 2 is 2.09 bits per heavy atom. The zero-order valence-electron chi connectivity index (χ0n) is 13.6. The number of hydrogen-bond acceptors (Lipinski definition) is 2. The summed E-state index contributed by atoms with van der Waals surface area (Å²) in [7, 11) is 0. The molecule has 1 heterocycles. The van der Waals surface area contributed by atoms with Crippen LogP contribution < -0.4 is 5.32 Å². The normalized spacial score (nSPS) is 16.0. The molecule has 0 atom stereocenters. The van der Waals surface area contributed by atoms with Gasteiger partial charge in [0.25, 0.3) is 0 Å². The maximum atomic E-state index is 13.3. The van der Waals surface area contributed by atoms with Gasteiger partial charge in [0.15, 0.2) is 0 Å². The number of piperidine rings is 1. The van der Waals surface area contributed by atoms with Crippen molar-refractivity contribution in [2.45, 2.75) is 52.1 Å². The van der Waals surface area contributed by atoms with Crippen molar-refractivity contribution in [2.75, 3.05) is 13.1 Å². The quantitative estimate of drug-likeness (QED) is 0.874. The summed E-state index contributed by atoms with van der Waals surface area (Å²) in [5.74, 6) is 0.592. The first-order chi connectivity index (χ1) is 10.6. The first kappa shape index (κ1) is 16.9. The van der Waals surface area contributed by atoms with Crippen LogP contribution in [0.15, 0.2) is 24.3 Å². The zero-order chi connectivity index (χ0) is 15.9. The summed E-state index contributed by atoms with van der Waals surface area (Å²) in [6, 6.07) is 6.64. The van der Waals surface area contributed by atoms with Crippen LogP contribution >= 0.6 is 0 Å². The molecule has 0 aromatic heterocycles. The largest absolute Gasteiger partial charge is 0.336 e. The summed E-state index contributed by atoms with van der Waals surface area (Å²) in [5.41, 5.74) is 0.851. The van der Waals surface area contributed by atoms with Crippen LogP contribution in [0.25, 0.3) is 0 Å². The molecular weight excluding hydrogens is 279 g/mol. The van der Waals surface area contributed by atoms with Gasteiger partial charge < -0.3 is 10.2 Å². The van der Waals surface area contributed by atoms with E-state index in [1.165, 1.54) is 25.0 Å². The summed E-state index contributed by atoms with van der Waals surface area (Å²) in [5, 5.41) is 3.35. The molecule has 0 spiro atoms. The number of nitrogens with one attached hydrogen (secondary N) is 1. The predicted molar refractivity (Wildman–Crippen MR) is 86.9 cm³/mol. The molecule has 1 saturated heterocycles. The summed E-state index contributed by atoms with van der Waals surface area (Å²) >= 11 is 0. The zero-order valence-corrected chi connectivity index (χ0v) is 13.6. The third kappa shape index (κ3) is 5.09. The number of benzene rings is 1. The van der Waals surface area contributed by atoms with Gasteiger partial charge >= 0.3 is 0 Å². The van der Waals surface area contributed by atoms with Crippen molar-refractivity contribution in [1.29, 1.82) is 0 Å². The van der Waals surface area contributed by atoms with Crippen LogP contribution in [-0.4, -0.2) is 29.9 Å². The minimum atomic E-state index is -0.247. The molecule has 1 aromatic carbocycles. The molecule has 3 nitrogen and oxygen atoms in total. The van der Waals surface area contributed by atoms with Crippen molar-refractivity contribution in [3.05, 3.63) is 35.6 Å². The minimum absolute atomic E-state index is 0.129. The molecule has 1 aromatic rings. The fourth-order valence-corrected chi connectivity index (χ4v) is 3.03. The molecule has 0 bridgehead atoms. The average molecular weight is 306 g/mol. The molecule has 1 fully saturated rings. The highest BCUT2D eigenvalue weighted by Crippen LogP contribution is 2.20. The first-order valence-electron chi connectivity index (χ1n) is 8.31. The molecule has 0 unspecified atom stereocenters. The van der Waals surface area contributed by atoms with E-state index < -0.39 is 0 Å². The van der Waals surface area contributed by atoms with Crippen LogP contribution in [0.2, 0.25) is 0 Å². The molecular formula is C18H27FN2O. The molecule has 0 saturated carbocycles. The molecule has 1 N–H and O–H groups in total. The Balaban J connectivity index is 1.90. The minimum Gasteiger partial charge on any atom is -0.336 e. The number of hydrogen-bond donors (Lipinski definition) is 1. The number of carbonyl (C=O) groups is 1. The van der Waals surface area contributed by atoms with Gasteiger partial charge in [0, 0.05) is 19.0 Å². The van der Waals surface area contributed by atoms with Crippen molar-refractivity contribution >= 4 is 5.91 Å². The summed E-state index contributed by atoms with van der Waals surface area (Å²) < 4.78 is 13.3. The fraction of sp³-hybridized carbons (Fsp3) is 0.611. The SMILES string of the molecule is CC(C)N(Cc1cccc(F)c1)C(=O)CCC1CCNCC1. The van der Waals surface area contributed by atoms with Gasteiger partial charge in [-0.3, -0.25) is 4.79 Å². The van der Waals surface area contributed by atoms with Crippen molar-refractivity contribution in [3.63, 3.8) is 0 Å². The van der Waals surface area contributed by atoms with Gasteiger partial charge in [-0.1, -0.05) is 12.1 Å². The number of rotatable bonds is 6. The molecule has 22 heavy (non-hydrogen) atoms. The Labute approximate surface area is 132 Å². The van der Waals surface area contributed by atoms with Gasteiger partial charge in [0.05, 0.1) is 0 Å². The highest BCUT2D eigenvalue weighted by Gasteiger charge is 2.20. The number of amides is 1. The average Bonchev–Trinajstić information content (AvgIpc) is 2.51. The monoisotopic (exact) mass is 306 g/mol. The third-order valence-electron chi connectivity index (χ3n) is 4.41. The lowest BCUT2D eigenvalue weighted by molar-refractivity contribution is -0.133. The highest BCUT2D eigenvalue weighted by molar-refractivity contribution is 5.76. The van der Waals surface area contributed by atoms with Gasteiger partial charge in [-0.25, -0.2) is 4.39 Å². The van der Waals surface area contributed by atoms with E-state index in [0.29, 0.717) is 18.9 Å². The van der Waals surface area contributed by atoms with Gasteiger partial charge in [0.1, 0.15) is 5.82 Å². The second-order valence-electron chi connectivity index (χ2n) is 6.48. The van der Waals surface area contributed by atoms with Gasteiger partial charge in [0.2, 0.25) is 5.91 Å². The number of nitrogens with zero attached hydrogens (tertiary/aromatic N) is 1. The van der Waals surface area contributed by atoms with E-state index >= 15 is 0 Å². The number of carbonyl (C=O) groups excluding carboxylic acids is 1. The van der Waals surface area contributed by atoms with E-state index in [2.05, 4.69) is 5.32 Å². The molecule has 4 heteroatoms. The van der Waals surface area contributed by atoms with E-state index in [-0.39, 0.29) is 17.8 Å².